The number of rotatable bonds is 3. The summed E-state index contributed by atoms with van der Waals surface area (Å²) < 4.78 is 1.99. The molecule has 0 spiro atoms. The van der Waals surface area contributed by atoms with Crippen LogP contribution in [0.3, 0.4) is 0 Å². The fraction of sp³-hybridized carbons (Fsp3) is 0.636. The van der Waals surface area contributed by atoms with Crippen LogP contribution in [0.15, 0.2) is 0 Å². The number of fused-ring (bicyclic) bond motifs is 1. The molecule has 0 amide bonds. The number of aliphatic hydroxyl groups is 1. The highest BCUT2D eigenvalue weighted by Gasteiger charge is 2.26. The second-order valence-electron chi connectivity index (χ2n) is 4.21. The van der Waals surface area contributed by atoms with Crippen molar-refractivity contribution in [2.75, 3.05) is 6.61 Å². The molecule has 0 aliphatic carbocycles. The van der Waals surface area contributed by atoms with Crippen LogP contribution in [0.1, 0.15) is 47.8 Å². The van der Waals surface area contributed by atoms with Gasteiger partial charge < -0.3 is 14.8 Å². The Morgan fingerprint density at radius 1 is 1.62 bits per heavy atom. The van der Waals surface area contributed by atoms with Crippen LogP contribution in [0.25, 0.3) is 0 Å². The lowest BCUT2D eigenvalue weighted by Crippen LogP contribution is -2.19. The van der Waals surface area contributed by atoms with Crippen molar-refractivity contribution in [3.05, 3.63) is 17.2 Å². The van der Waals surface area contributed by atoms with Crippen molar-refractivity contribution in [2.24, 2.45) is 0 Å². The first-order valence-electron chi connectivity index (χ1n) is 5.59. The van der Waals surface area contributed by atoms with Gasteiger partial charge in [0.2, 0.25) is 0 Å². The van der Waals surface area contributed by atoms with Crippen molar-refractivity contribution >= 4 is 5.97 Å². The van der Waals surface area contributed by atoms with E-state index in [9.17, 15) is 4.79 Å². The standard InChI is InChI=1S/C11H16N2O3/c1-7-3-2-4-8-10(11(15)16)12-9(5-6-14)13(7)8/h7,14H,2-6H2,1H3,(H,15,16). The fourth-order valence-corrected chi connectivity index (χ4v) is 2.42. The number of imidazole rings is 1. The molecule has 2 rings (SSSR count). The second kappa shape index (κ2) is 4.25. The summed E-state index contributed by atoms with van der Waals surface area (Å²) in [4.78, 5) is 15.2. The fourth-order valence-electron chi connectivity index (χ4n) is 2.42. The molecule has 1 atom stereocenters. The Hall–Kier alpha value is -1.36. The van der Waals surface area contributed by atoms with Gasteiger partial charge in [0.05, 0.1) is 12.3 Å². The van der Waals surface area contributed by atoms with Crippen molar-refractivity contribution in [1.29, 1.82) is 0 Å². The van der Waals surface area contributed by atoms with E-state index in [4.69, 9.17) is 10.2 Å². The van der Waals surface area contributed by atoms with Crippen LogP contribution in [0, 0.1) is 0 Å². The van der Waals surface area contributed by atoms with Gasteiger partial charge in [-0.1, -0.05) is 0 Å². The largest absolute Gasteiger partial charge is 0.476 e. The van der Waals surface area contributed by atoms with Gasteiger partial charge in [0.25, 0.3) is 0 Å². The van der Waals surface area contributed by atoms with E-state index < -0.39 is 5.97 Å². The minimum absolute atomic E-state index is 0.00221. The molecule has 1 unspecified atom stereocenters. The summed E-state index contributed by atoms with van der Waals surface area (Å²) in [5.74, 6) is -0.274. The zero-order valence-corrected chi connectivity index (χ0v) is 9.31. The van der Waals surface area contributed by atoms with Gasteiger partial charge in [-0.25, -0.2) is 9.78 Å². The van der Waals surface area contributed by atoms with Gasteiger partial charge in [0.15, 0.2) is 5.69 Å². The average molecular weight is 224 g/mol. The Kier molecular flexibility index (Phi) is 2.96. The zero-order valence-electron chi connectivity index (χ0n) is 9.31. The minimum atomic E-state index is -0.970. The summed E-state index contributed by atoms with van der Waals surface area (Å²) in [5.41, 5.74) is 0.977. The summed E-state index contributed by atoms with van der Waals surface area (Å²) in [6.45, 7) is 2.07. The summed E-state index contributed by atoms with van der Waals surface area (Å²) >= 11 is 0. The maximum atomic E-state index is 11.1. The summed E-state index contributed by atoms with van der Waals surface area (Å²) in [6, 6.07) is 0.283. The predicted octanol–water partition coefficient (Wildman–Crippen LogP) is 1.01. The first kappa shape index (κ1) is 11.1. The third-order valence-electron chi connectivity index (χ3n) is 3.10. The number of aliphatic hydroxyl groups excluding tert-OH is 1. The van der Waals surface area contributed by atoms with Crippen LogP contribution < -0.4 is 0 Å². The Bertz CT molecular complexity index is 412. The maximum absolute atomic E-state index is 11.1. The smallest absolute Gasteiger partial charge is 0.356 e. The minimum Gasteiger partial charge on any atom is -0.476 e. The highest BCUT2D eigenvalue weighted by Crippen LogP contribution is 2.28. The van der Waals surface area contributed by atoms with E-state index >= 15 is 0 Å². The maximum Gasteiger partial charge on any atom is 0.356 e. The van der Waals surface area contributed by atoms with Gasteiger partial charge in [-0.2, -0.15) is 0 Å². The van der Waals surface area contributed by atoms with E-state index in [-0.39, 0.29) is 18.3 Å². The van der Waals surface area contributed by atoms with Crippen molar-refractivity contribution < 1.29 is 15.0 Å². The summed E-state index contributed by atoms with van der Waals surface area (Å²) in [7, 11) is 0. The normalized spacial score (nSPS) is 19.5. The van der Waals surface area contributed by atoms with E-state index in [0.717, 1.165) is 25.0 Å². The SMILES string of the molecule is CC1CCCc2c(C(=O)O)nc(CCO)n21. The van der Waals surface area contributed by atoms with Crippen LogP contribution in [-0.4, -0.2) is 32.3 Å². The average Bonchev–Trinajstić information content (AvgIpc) is 2.59. The Morgan fingerprint density at radius 3 is 3.00 bits per heavy atom. The van der Waals surface area contributed by atoms with Crippen molar-refractivity contribution in [2.45, 2.75) is 38.6 Å². The Balaban J connectivity index is 2.51. The molecule has 5 nitrogen and oxygen atoms in total. The second-order valence-corrected chi connectivity index (χ2v) is 4.21. The van der Waals surface area contributed by atoms with Crippen LogP contribution >= 0.6 is 0 Å². The highest BCUT2D eigenvalue weighted by molar-refractivity contribution is 5.87. The summed E-state index contributed by atoms with van der Waals surface area (Å²) in [6.07, 6.45) is 3.24. The van der Waals surface area contributed by atoms with Gasteiger partial charge >= 0.3 is 5.97 Å². The zero-order chi connectivity index (χ0) is 11.7. The lowest BCUT2D eigenvalue weighted by atomic mass is 10.0. The molecule has 2 N–H and O–H groups in total. The predicted molar refractivity (Wildman–Crippen MR) is 57.6 cm³/mol. The van der Waals surface area contributed by atoms with Gasteiger partial charge in [-0.05, 0) is 26.2 Å². The molecule has 0 saturated carbocycles. The first-order chi connectivity index (χ1) is 7.65. The van der Waals surface area contributed by atoms with Crippen molar-refractivity contribution in [3.63, 3.8) is 0 Å². The van der Waals surface area contributed by atoms with E-state index in [2.05, 4.69) is 11.9 Å². The molecule has 88 valence electrons. The third-order valence-corrected chi connectivity index (χ3v) is 3.10. The third kappa shape index (κ3) is 1.71. The number of aromatic nitrogens is 2. The van der Waals surface area contributed by atoms with Gasteiger partial charge in [-0.3, -0.25) is 0 Å². The van der Waals surface area contributed by atoms with E-state index in [1.54, 1.807) is 0 Å². The molecular weight excluding hydrogens is 208 g/mol. The molecule has 0 aromatic carbocycles. The number of carboxylic acids is 1. The van der Waals surface area contributed by atoms with Gasteiger partial charge in [0, 0.05) is 12.5 Å². The molecule has 0 bridgehead atoms. The molecule has 0 radical (unpaired) electrons. The number of nitrogens with zero attached hydrogens (tertiary/aromatic N) is 2. The van der Waals surface area contributed by atoms with Crippen molar-refractivity contribution in [3.8, 4) is 0 Å². The Labute approximate surface area is 93.7 Å². The lowest BCUT2D eigenvalue weighted by molar-refractivity contribution is 0.0689. The van der Waals surface area contributed by atoms with E-state index in [1.165, 1.54) is 0 Å². The number of hydrogen-bond donors (Lipinski definition) is 2. The lowest BCUT2D eigenvalue weighted by Gasteiger charge is -2.24. The van der Waals surface area contributed by atoms with E-state index in [0.29, 0.717) is 12.2 Å². The van der Waals surface area contributed by atoms with Crippen LogP contribution in [0.5, 0.6) is 0 Å². The number of carbonyl (C=O) groups is 1. The molecule has 16 heavy (non-hydrogen) atoms. The molecule has 1 aromatic heterocycles. The van der Waals surface area contributed by atoms with Gasteiger partial charge in [0.1, 0.15) is 5.82 Å². The highest BCUT2D eigenvalue weighted by atomic mass is 16.4. The van der Waals surface area contributed by atoms with Crippen LogP contribution in [-0.2, 0) is 12.8 Å². The number of carboxylic acid groups (broad SMARTS) is 1. The summed E-state index contributed by atoms with van der Waals surface area (Å²) in [5, 5.41) is 18.0. The van der Waals surface area contributed by atoms with E-state index in [1.807, 2.05) is 4.57 Å². The molecule has 0 fully saturated rings. The monoisotopic (exact) mass is 224 g/mol. The molecule has 1 aliphatic rings. The van der Waals surface area contributed by atoms with Crippen LogP contribution in [0.2, 0.25) is 0 Å². The molecule has 5 heteroatoms. The van der Waals surface area contributed by atoms with Gasteiger partial charge in [-0.15, -0.1) is 0 Å². The molecular formula is C11H16N2O3. The van der Waals surface area contributed by atoms with Crippen molar-refractivity contribution in [1.82, 2.24) is 9.55 Å². The number of aromatic carboxylic acids is 1. The topological polar surface area (TPSA) is 75.3 Å². The molecule has 2 heterocycles. The molecule has 1 aromatic rings. The molecule has 1 aliphatic heterocycles. The number of hydrogen-bond acceptors (Lipinski definition) is 3. The molecule has 0 saturated heterocycles. The quantitative estimate of drug-likeness (QED) is 0.803. The van der Waals surface area contributed by atoms with Crippen LogP contribution in [0.4, 0.5) is 0 Å². The first-order valence-corrected chi connectivity index (χ1v) is 5.59. The Morgan fingerprint density at radius 2 is 2.38 bits per heavy atom.